The first-order valence-electron chi connectivity index (χ1n) is 6.21. The Hall–Kier alpha value is -0.570. The maximum atomic E-state index is 11.3. The van der Waals surface area contributed by atoms with Crippen LogP contribution < -0.4 is 0 Å². The Morgan fingerprint density at radius 2 is 1.75 bits per heavy atom. The lowest BCUT2D eigenvalue weighted by molar-refractivity contribution is -0.154. The summed E-state index contributed by atoms with van der Waals surface area (Å²) in [4.78, 5) is 11.3. The van der Waals surface area contributed by atoms with E-state index in [0.717, 1.165) is 32.1 Å². The molecule has 96 valence electrons. The third kappa shape index (κ3) is 11.5. The minimum atomic E-state index is -0.372. The van der Waals surface area contributed by atoms with Gasteiger partial charge in [-0.1, -0.05) is 19.3 Å². The Morgan fingerprint density at radius 3 is 2.25 bits per heavy atom. The second-order valence-electron chi connectivity index (χ2n) is 5.39. The molecule has 0 bridgehead atoms. The summed E-state index contributed by atoms with van der Waals surface area (Å²) in [7, 11) is 0. The first-order valence-corrected chi connectivity index (χ1v) is 6.21. The average Bonchev–Trinajstić information content (AvgIpc) is 2.07. The molecular formula is C13H26O3. The number of aliphatic hydroxyl groups excluding tert-OH is 1. The van der Waals surface area contributed by atoms with E-state index in [9.17, 15) is 4.79 Å². The van der Waals surface area contributed by atoms with Crippen LogP contribution in [0.1, 0.15) is 66.2 Å². The lowest BCUT2D eigenvalue weighted by Crippen LogP contribution is -2.23. The van der Waals surface area contributed by atoms with Crippen LogP contribution in [-0.4, -0.2) is 22.8 Å². The number of carbonyl (C=O) groups excluding carboxylic acids is 1. The summed E-state index contributed by atoms with van der Waals surface area (Å²) < 4.78 is 5.20. The van der Waals surface area contributed by atoms with E-state index >= 15 is 0 Å². The van der Waals surface area contributed by atoms with Gasteiger partial charge in [-0.05, 0) is 40.5 Å². The van der Waals surface area contributed by atoms with Gasteiger partial charge in [0, 0.05) is 6.42 Å². The highest BCUT2D eigenvalue weighted by Gasteiger charge is 2.15. The van der Waals surface area contributed by atoms with Crippen molar-refractivity contribution in [2.75, 3.05) is 0 Å². The molecule has 0 aromatic carbocycles. The Bertz CT molecular complexity index is 192. The zero-order valence-corrected chi connectivity index (χ0v) is 11.1. The fourth-order valence-corrected chi connectivity index (χ4v) is 1.46. The number of unbranched alkanes of at least 4 members (excludes halogenated alkanes) is 3. The van der Waals surface area contributed by atoms with Gasteiger partial charge in [0.2, 0.25) is 0 Å². The monoisotopic (exact) mass is 230 g/mol. The van der Waals surface area contributed by atoms with Gasteiger partial charge in [-0.3, -0.25) is 4.79 Å². The Morgan fingerprint density at radius 1 is 1.19 bits per heavy atom. The summed E-state index contributed by atoms with van der Waals surface area (Å²) in [5.74, 6) is -0.108. The molecule has 1 N–H and O–H groups in total. The van der Waals surface area contributed by atoms with Gasteiger partial charge < -0.3 is 9.84 Å². The molecule has 1 atom stereocenters. The molecule has 3 nitrogen and oxygen atoms in total. The molecule has 0 aromatic rings. The number of aliphatic hydroxyl groups is 1. The molecule has 3 heteroatoms. The first kappa shape index (κ1) is 15.4. The van der Waals surface area contributed by atoms with Gasteiger partial charge in [0.1, 0.15) is 5.60 Å². The third-order valence-electron chi connectivity index (χ3n) is 2.17. The molecule has 0 heterocycles. The predicted molar refractivity (Wildman–Crippen MR) is 65.2 cm³/mol. The zero-order chi connectivity index (χ0) is 12.6. The largest absolute Gasteiger partial charge is 0.460 e. The molecule has 1 unspecified atom stereocenters. The molecule has 0 aliphatic heterocycles. The second-order valence-corrected chi connectivity index (χ2v) is 5.39. The van der Waals surface area contributed by atoms with Crippen molar-refractivity contribution in [3.63, 3.8) is 0 Å². The van der Waals surface area contributed by atoms with Crippen LogP contribution in [0.4, 0.5) is 0 Å². The lowest BCUT2D eigenvalue weighted by atomic mass is 10.1. The minimum absolute atomic E-state index is 0.108. The molecule has 0 saturated heterocycles. The molecule has 0 saturated carbocycles. The molecule has 0 radical (unpaired) electrons. The van der Waals surface area contributed by atoms with Crippen LogP contribution in [0.15, 0.2) is 0 Å². The van der Waals surface area contributed by atoms with Crippen LogP contribution in [0, 0.1) is 0 Å². The summed E-state index contributed by atoms with van der Waals surface area (Å²) in [5, 5.41) is 9.05. The van der Waals surface area contributed by atoms with Gasteiger partial charge in [-0.25, -0.2) is 0 Å². The molecule has 0 aliphatic rings. The van der Waals surface area contributed by atoms with E-state index in [2.05, 4.69) is 0 Å². The number of hydrogen-bond acceptors (Lipinski definition) is 3. The van der Waals surface area contributed by atoms with Gasteiger partial charge in [0.15, 0.2) is 0 Å². The van der Waals surface area contributed by atoms with E-state index in [0.29, 0.717) is 6.42 Å². The SMILES string of the molecule is CC(O)CCCCCCC(=O)OC(C)(C)C. The average molecular weight is 230 g/mol. The molecule has 0 amide bonds. The third-order valence-corrected chi connectivity index (χ3v) is 2.17. The van der Waals surface area contributed by atoms with Crippen molar-refractivity contribution < 1.29 is 14.6 Å². The summed E-state index contributed by atoms with van der Waals surface area (Å²) in [6.07, 6.45) is 5.18. The second kappa shape index (κ2) is 7.66. The number of esters is 1. The maximum absolute atomic E-state index is 11.3. The van der Waals surface area contributed by atoms with Gasteiger partial charge in [0.05, 0.1) is 6.10 Å². The zero-order valence-electron chi connectivity index (χ0n) is 11.1. The van der Waals surface area contributed by atoms with Crippen molar-refractivity contribution >= 4 is 5.97 Å². The van der Waals surface area contributed by atoms with Gasteiger partial charge in [-0.2, -0.15) is 0 Å². The van der Waals surface area contributed by atoms with Crippen molar-refractivity contribution in [1.82, 2.24) is 0 Å². The molecule has 0 spiro atoms. The van der Waals surface area contributed by atoms with E-state index in [1.807, 2.05) is 20.8 Å². The molecular weight excluding hydrogens is 204 g/mol. The van der Waals surface area contributed by atoms with Crippen molar-refractivity contribution in [1.29, 1.82) is 0 Å². The summed E-state index contributed by atoms with van der Waals surface area (Å²) in [6, 6.07) is 0. The Kier molecular flexibility index (Phi) is 7.39. The van der Waals surface area contributed by atoms with E-state index in [1.54, 1.807) is 6.92 Å². The van der Waals surface area contributed by atoms with Crippen molar-refractivity contribution in [3.8, 4) is 0 Å². The van der Waals surface area contributed by atoms with E-state index < -0.39 is 0 Å². The molecule has 16 heavy (non-hydrogen) atoms. The number of carbonyl (C=O) groups is 1. The number of ether oxygens (including phenoxy) is 1. The smallest absolute Gasteiger partial charge is 0.306 e. The highest BCUT2D eigenvalue weighted by atomic mass is 16.6. The minimum Gasteiger partial charge on any atom is -0.460 e. The normalized spacial score (nSPS) is 13.6. The lowest BCUT2D eigenvalue weighted by Gasteiger charge is -2.19. The fraction of sp³-hybridized carbons (Fsp3) is 0.923. The fourth-order valence-electron chi connectivity index (χ4n) is 1.46. The Labute approximate surface area is 99.2 Å². The molecule has 0 fully saturated rings. The number of rotatable bonds is 7. The van der Waals surface area contributed by atoms with Crippen LogP contribution in [0.25, 0.3) is 0 Å². The molecule has 0 aliphatic carbocycles. The maximum Gasteiger partial charge on any atom is 0.306 e. The first-order chi connectivity index (χ1) is 7.31. The van der Waals surface area contributed by atoms with E-state index in [4.69, 9.17) is 9.84 Å². The Balaban J connectivity index is 3.35. The highest BCUT2D eigenvalue weighted by Crippen LogP contribution is 2.11. The quantitative estimate of drug-likeness (QED) is 0.540. The van der Waals surface area contributed by atoms with Gasteiger partial charge >= 0.3 is 5.97 Å². The summed E-state index contributed by atoms with van der Waals surface area (Å²) >= 11 is 0. The summed E-state index contributed by atoms with van der Waals surface area (Å²) in [5.41, 5.74) is -0.372. The van der Waals surface area contributed by atoms with Crippen LogP contribution >= 0.6 is 0 Å². The van der Waals surface area contributed by atoms with Crippen molar-refractivity contribution in [2.24, 2.45) is 0 Å². The standard InChI is InChI=1S/C13H26O3/c1-11(14)9-7-5-6-8-10-12(15)16-13(2,3)4/h11,14H,5-10H2,1-4H3. The van der Waals surface area contributed by atoms with E-state index in [1.165, 1.54) is 0 Å². The molecule has 0 rings (SSSR count). The van der Waals surface area contributed by atoms with Gasteiger partial charge in [0.25, 0.3) is 0 Å². The number of hydrogen-bond donors (Lipinski definition) is 1. The summed E-state index contributed by atoms with van der Waals surface area (Å²) in [6.45, 7) is 7.45. The van der Waals surface area contributed by atoms with Crippen molar-refractivity contribution in [2.45, 2.75) is 77.9 Å². The predicted octanol–water partition coefficient (Wildman–Crippen LogP) is 3.05. The highest BCUT2D eigenvalue weighted by molar-refractivity contribution is 5.69. The topological polar surface area (TPSA) is 46.5 Å². The van der Waals surface area contributed by atoms with Crippen molar-refractivity contribution in [3.05, 3.63) is 0 Å². The van der Waals surface area contributed by atoms with Crippen LogP contribution in [0.3, 0.4) is 0 Å². The van der Waals surface area contributed by atoms with Crippen LogP contribution in [0.2, 0.25) is 0 Å². The molecule has 0 aromatic heterocycles. The van der Waals surface area contributed by atoms with Gasteiger partial charge in [-0.15, -0.1) is 0 Å². The van der Waals surface area contributed by atoms with Crippen LogP contribution in [0.5, 0.6) is 0 Å². The van der Waals surface area contributed by atoms with Crippen LogP contribution in [-0.2, 0) is 9.53 Å². The van der Waals surface area contributed by atoms with E-state index in [-0.39, 0.29) is 17.7 Å².